The van der Waals surface area contributed by atoms with Crippen LogP contribution in [-0.2, 0) is 11.3 Å². The molecular formula is C30H21ClFN3O5. The third-order valence-corrected chi connectivity index (χ3v) is 6.53. The second kappa shape index (κ2) is 11.0. The summed E-state index contributed by atoms with van der Waals surface area (Å²) in [5.74, 6) is -1.35. The number of rotatable bonds is 7. The van der Waals surface area contributed by atoms with E-state index in [0.717, 1.165) is 5.56 Å². The van der Waals surface area contributed by atoms with Crippen molar-refractivity contribution in [1.29, 1.82) is 0 Å². The molecule has 10 heteroatoms. The monoisotopic (exact) mass is 557 g/mol. The van der Waals surface area contributed by atoms with E-state index in [1.54, 1.807) is 55.5 Å². The van der Waals surface area contributed by atoms with Crippen LogP contribution in [0.4, 0.5) is 10.1 Å². The lowest BCUT2D eigenvalue weighted by Crippen LogP contribution is -2.23. The molecule has 0 spiro atoms. The van der Waals surface area contributed by atoms with Crippen molar-refractivity contribution in [2.24, 2.45) is 5.10 Å². The van der Waals surface area contributed by atoms with Gasteiger partial charge in [0.1, 0.15) is 17.3 Å². The molecule has 200 valence electrons. The van der Waals surface area contributed by atoms with Crippen LogP contribution >= 0.6 is 11.6 Å². The fraction of sp³-hybridized carbons (Fsp3) is 0.0667. The number of amides is 2. The molecule has 0 unspecified atom stereocenters. The molecule has 0 saturated carbocycles. The molecular weight excluding hydrogens is 537 g/mol. The summed E-state index contributed by atoms with van der Waals surface area (Å²) < 4.78 is 19.1. The Kier molecular flexibility index (Phi) is 7.31. The van der Waals surface area contributed by atoms with Gasteiger partial charge in [-0.1, -0.05) is 23.7 Å². The molecule has 1 aliphatic rings. The van der Waals surface area contributed by atoms with E-state index in [-0.39, 0.29) is 34.4 Å². The van der Waals surface area contributed by atoms with Gasteiger partial charge in [-0.25, -0.2) is 9.18 Å². The minimum atomic E-state index is -1.06. The van der Waals surface area contributed by atoms with E-state index < -0.39 is 11.9 Å². The Hall–Kier alpha value is -5.02. The van der Waals surface area contributed by atoms with Crippen molar-refractivity contribution >= 4 is 46.9 Å². The lowest BCUT2D eigenvalue weighted by atomic mass is 10.1. The zero-order chi connectivity index (χ0) is 28.4. The third-order valence-electron chi connectivity index (χ3n) is 6.20. The predicted molar refractivity (Wildman–Crippen MR) is 149 cm³/mol. The first kappa shape index (κ1) is 26.6. The Bertz CT molecular complexity index is 1690. The standard InChI is InChI=1S/C30H21ClFN3O5/c1-17-24(29(37)35(34-17)22-9-4-19(5-10-22)30(38)39)15-23-11-13-27(40-23)20-6-12-26(31)25(14-20)28(36)33-16-18-2-7-21(32)8-3-18/h2-15H,16H2,1H3,(H,33,36)(H,38,39). The SMILES string of the molecule is CC1=NN(c2ccc(C(=O)O)cc2)C(=O)C1=Cc1ccc(-c2ccc(Cl)c(C(=O)NCc3ccc(F)cc3)c2)o1. The van der Waals surface area contributed by atoms with Crippen molar-refractivity contribution in [2.75, 3.05) is 5.01 Å². The van der Waals surface area contributed by atoms with Gasteiger partial charge in [-0.3, -0.25) is 9.59 Å². The molecule has 2 N–H and O–H groups in total. The minimum absolute atomic E-state index is 0.102. The molecule has 0 atom stereocenters. The van der Waals surface area contributed by atoms with Crippen LogP contribution in [0.25, 0.3) is 17.4 Å². The van der Waals surface area contributed by atoms with Gasteiger partial charge in [-0.15, -0.1) is 0 Å². The summed E-state index contributed by atoms with van der Waals surface area (Å²) >= 11 is 6.29. The van der Waals surface area contributed by atoms with Crippen LogP contribution in [0.2, 0.25) is 5.02 Å². The third kappa shape index (κ3) is 5.55. The molecule has 4 aromatic rings. The maximum Gasteiger partial charge on any atom is 0.335 e. The first-order chi connectivity index (χ1) is 19.2. The van der Waals surface area contributed by atoms with Crippen LogP contribution in [0.3, 0.4) is 0 Å². The number of hydrogen-bond acceptors (Lipinski definition) is 5. The van der Waals surface area contributed by atoms with Crippen LogP contribution in [0.15, 0.2) is 94.0 Å². The fourth-order valence-electron chi connectivity index (χ4n) is 4.06. The number of carbonyl (C=O) groups is 3. The van der Waals surface area contributed by atoms with E-state index in [9.17, 15) is 18.8 Å². The normalized spacial score (nSPS) is 14.0. The lowest BCUT2D eigenvalue weighted by molar-refractivity contribution is -0.114. The van der Waals surface area contributed by atoms with Gasteiger partial charge >= 0.3 is 5.97 Å². The zero-order valence-corrected chi connectivity index (χ0v) is 21.8. The van der Waals surface area contributed by atoms with E-state index in [2.05, 4.69) is 10.4 Å². The average Bonchev–Trinajstić information content (AvgIpc) is 3.53. The highest BCUT2D eigenvalue weighted by Gasteiger charge is 2.29. The van der Waals surface area contributed by atoms with Crippen LogP contribution in [0.1, 0.15) is 39.0 Å². The molecule has 0 fully saturated rings. The summed E-state index contributed by atoms with van der Waals surface area (Å²) in [4.78, 5) is 37.0. The Labute approximate surface area is 233 Å². The van der Waals surface area contributed by atoms with Crippen LogP contribution in [0.5, 0.6) is 0 Å². The quantitative estimate of drug-likeness (QED) is 0.264. The lowest BCUT2D eigenvalue weighted by Gasteiger charge is -2.11. The molecule has 0 aliphatic carbocycles. The van der Waals surface area contributed by atoms with Crippen molar-refractivity contribution in [3.05, 3.63) is 118 Å². The minimum Gasteiger partial charge on any atom is -0.478 e. The largest absolute Gasteiger partial charge is 0.478 e. The summed E-state index contributed by atoms with van der Waals surface area (Å²) in [6.07, 6.45) is 1.57. The van der Waals surface area contributed by atoms with Gasteiger partial charge in [0.15, 0.2) is 0 Å². The first-order valence-corrected chi connectivity index (χ1v) is 12.4. The second-order valence-electron chi connectivity index (χ2n) is 8.92. The van der Waals surface area contributed by atoms with E-state index in [1.165, 1.54) is 41.4 Å². The highest BCUT2D eigenvalue weighted by molar-refractivity contribution is 6.34. The Morgan fingerprint density at radius 1 is 1.05 bits per heavy atom. The topological polar surface area (TPSA) is 112 Å². The number of hydrogen-bond donors (Lipinski definition) is 2. The van der Waals surface area contributed by atoms with Gasteiger partial charge in [-0.2, -0.15) is 10.1 Å². The maximum absolute atomic E-state index is 13.1. The maximum atomic E-state index is 13.1. The van der Waals surface area contributed by atoms with Crippen molar-refractivity contribution in [3.63, 3.8) is 0 Å². The highest BCUT2D eigenvalue weighted by atomic mass is 35.5. The van der Waals surface area contributed by atoms with Gasteiger partial charge in [0.05, 0.1) is 33.1 Å². The smallest absolute Gasteiger partial charge is 0.335 e. The number of hydrazone groups is 1. The van der Waals surface area contributed by atoms with Crippen LogP contribution < -0.4 is 10.3 Å². The average molecular weight is 558 g/mol. The molecule has 0 saturated heterocycles. The second-order valence-corrected chi connectivity index (χ2v) is 9.33. The van der Waals surface area contributed by atoms with E-state index in [4.69, 9.17) is 21.1 Å². The number of carbonyl (C=O) groups excluding carboxylic acids is 2. The molecule has 2 amide bonds. The van der Waals surface area contributed by atoms with E-state index >= 15 is 0 Å². The summed E-state index contributed by atoms with van der Waals surface area (Å²) in [6.45, 7) is 1.89. The van der Waals surface area contributed by atoms with Crippen molar-refractivity contribution < 1.29 is 28.3 Å². The number of aromatic carboxylic acids is 1. The summed E-state index contributed by atoms with van der Waals surface area (Å²) in [5, 5.41) is 17.6. The number of carboxylic acids is 1. The molecule has 1 aromatic heterocycles. The summed E-state index contributed by atoms with van der Waals surface area (Å²) in [5.41, 5.74) is 2.91. The molecule has 0 radical (unpaired) electrons. The first-order valence-electron chi connectivity index (χ1n) is 12.1. The molecule has 1 aliphatic heterocycles. The number of carboxylic acid groups (broad SMARTS) is 1. The highest BCUT2D eigenvalue weighted by Crippen LogP contribution is 2.30. The van der Waals surface area contributed by atoms with E-state index in [0.29, 0.717) is 34.1 Å². The van der Waals surface area contributed by atoms with Gasteiger partial charge < -0.3 is 14.8 Å². The molecule has 40 heavy (non-hydrogen) atoms. The Balaban J connectivity index is 1.32. The van der Waals surface area contributed by atoms with Gasteiger partial charge in [-0.05, 0) is 85.3 Å². The van der Waals surface area contributed by atoms with Crippen molar-refractivity contribution in [1.82, 2.24) is 5.32 Å². The molecule has 0 bridgehead atoms. The molecule has 2 heterocycles. The van der Waals surface area contributed by atoms with Gasteiger partial charge in [0.25, 0.3) is 11.8 Å². The Morgan fingerprint density at radius 2 is 1.77 bits per heavy atom. The summed E-state index contributed by atoms with van der Waals surface area (Å²) in [7, 11) is 0. The van der Waals surface area contributed by atoms with Crippen molar-refractivity contribution in [3.8, 4) is 11.3 Å². The fourth-order valence-corrected chi connectivity index (χ4v) is 4.27. The van der Waals surface area contributed by atoms with Crippen molar-refractivity contribution in [2.45, 2.75) is 13.5 Å². The Morgan fingerprint density at radius 3 is 2.48 bits per heavy atom. The zero-order valence-electron chi connectivity index (χ0n) is 21.0. The van der Waals surface area contributed by atoms with Gasteiger partial charge in [0.2, 0.25) is 0 Å². The number of anilines is 1. The molecule has 3 aromatic carbocycles. The number of nitrogens with zero attached hydrogens (tertiary/aromatic N) is 2. The number of furan rings is 1. The summed E-state index contributed by atoms with van der Waals surface area (Å²) in [6, 6.07) is 20.0. The van der Waals surface area contributed by atoms with Crippen LogP contribution in [0, 0.1) is 5.82 Å². The number of halogens is 2. The number of nitrogens with one attached hydrogen (secondary N) is 1. The predicted octanol–water partition coefficient (Wildman–Crippen LogP) is 6.17. The van der Waals surface area contributed by atoms with E-state index in [1.807, 2.05) is 0 Å². The molecule has 5 rings (SSSR count). The molecule has 8 nitrogen and oxygen atoms in total. The number of benzene rings is 3. The van der Waals surface area contributed by atoms with Crippen LogP contribution in [-0.4, -0.2) is 28.6 Å². The van der Waals surface area contributed by atoms with Gasteiger partial charge in [0, 0.05) is 12.1 Å².